The SMILES string of the molecule is CCOC(=O)C(Nc1ccccc1)=C(Nc1ccccc1)C(=O)O. The van der Waals surface area contributed by atoms with Gasteiger partial charge in [0, 0.05) is 11.4 Å². The molecule has 0 aliphatic heterocycles. The van der Waals surface area contributed by atoms with E-state index in [4.69, 9.17) is 4.74 Å². The van der Waals surface area contributed by atoms with Crippen LogP contribution in [0.5, 0.6) is 0 Å². The van der Waals surface area contributed by atoms with Crippen LogP contribution in [0, 0.1) is 0 Å². The molecule has 0 bridgehead atoms. The summed E-state index contributed by atoms with van der Waals surface area (Å²) in [5.41, 5.74) is 0.670. The summed E-state index contributed by atoms with van der Waals surface area (Å²) in [6.07, 6.45) is 0. The number of aliphatic carboxylic acids is 1. The van der Waals surface area contributed by atoms with Crippen LogP contribution in [-0.4, -0.2) is 23.7 Å². The molecule has 0 saturated heterocycles. The maximum atomic E-state index is 12.2. The van der Waals surface area contributed by atoms with Crippen LogP contribution in [0.1, 0.15) is 6.92 Å². The van der Waals surface area contributed by atoms with Crippen LogP contribution >= 0.6 is 0 Å². The predicted molar refractivity (Wildman–Crippen MR) is 91.4 cm³/mol. The van der Waals surface area contributed by atoms with Crippen molar-refractivity contribution in [1.82, 2.24) is 0 Å². The van der Waals surface area contributed by atoms with Crippen molar-refractivity contribution < 1.29 is 19.4 Å². The number of anilines is 2. The smallest absolute Gasteiger partial charge is 0.357 e. The lowest BCUT2D eigenvalue weighted by atomic mass is 10.2. The highest BCUT2D eigenvalue weighted by atomic mass is 16.5. The van der Waals surface area contributed by atoms with E-state index in [1.54, 1.807) is 55.5 Å². The first kappa shape index (κ1) is 17.1. The fourth-order valence-corrected chi connectivity index (χ4v) is 1.97. The molecule has 2 aromatic carbocycles. The summed E-state index contributed by atoms with van der Waals surface area (Å²) in [5, 5.41) is 15.1. The van der Waals surface area contributed by atoms with Crippen molar-refractivity contribution in [3.05, 3.63) is 72.1 Å². The van der Waals surface area contributed by atoms with Gasteiger partial charge >= 0.3 is 11.9 Å². The number of para-hydroxylation sites is 2. The second kappa shape index (κ2) is 8.38. The van der Waals surface area contributed by atoms with Crippen molar-refractivity contribution in [2.75, 3.05) is 17.2 Å². The van der Waals surface area contributed by atoms with Crippen LogP contribution in [0.4, 0.5) is 11.4 Å². The molecule has 2 rings (SSSR count). The molecule has 6 nitrogen and oxygen atoms in total. The van der Waals surface area contributed by atoms with Crippen molar-refractivity contribution in [3.63, 3.8) is 0 Å². The van der Waals surface area contributed by atoms with Gasteiger partial charge in [0.05, 0.1) is 6.61 Å². The number of nitrogens with one attached hydrogen (secondary N) is 2. The van der Waals surface area contributed by atoms with Gasteiger partial charge in [-0.1, -0.05) is 36.4 Å². The molecule has 3 N–H and O–H groups in total. The number of ether oxygens (including phenoxy) is 1. The van der Waals surface area contributed by atoms with Crippen molar-refractivity contribution in [2.45, 2.75) is 6.92 Å². The predicted octanol–water partition coefficient (Wildman–Crippen LogP) is 3.07. The third kappa shape index (κ3) is 4.61. The van der Waals surface area contributed by atoms with Crippen LogP contribution in [0.15, 0.2) is 72.1 Å². The van der Waals surface area contributed by atoms with Crippen molar-refractivity contribution >= 4 is 23.3 Å². The maximum absolute atomic E-state index is 12.2. The van der Waals surface area contributed by atoms with E-state index in [2.05, 4.69) is 10.6 Å². The highest BCUT2D eigenvalue weighted by molar-refractivity contribution is 6.03. The zero-order valence-electron chi connectivity index (χ0n) is 13.2. The Morgan fingerprint density at radius 2 is 1.33 bits per heavy atom. The minimum absolute atomic E-state index is 0.136. The third-order valence-corrected chi connectivity index (χ3v) is 3.03. The topological polar surface area (TPSA) is 87.7 Å². The Kier molecular flexibility index (Phi) is 5.96. The largest absolute Gasteiger partial charge is 0.477 e. The molecule has 24 heavy (non-hydrogen) atoms. The second-order valence-electron chi connectivity index (χ2n) is 4.76. The molecular formula is C18H18N2O4. The quantitative estimate of drug-likeness (QED) is 0.535. The highest BCUT2D eigenvalue weighted by Gasteiger charge is 2.22. The van der Waals surface area contributed by atoms with Gasteiger partial charge in [0.15, 0.2) is 11.4 Å². The minimum atomic E-state index is -1.27. The average Bonchev–Trinajstić information content (AvgIpc) is 2.60. The Morgan fingerprint density at radius 3 is 1.75 bits per heavy atom. The van der Waals surface area contributed by atoms with Crippen molar-refractivity contribution in [2.24, 2.45) is 0 Å². The van der Waals surface area contributed by atoms with Gasteiger partial charge in [-0.05, 0) is 31.2 Å². The van der Waals surface area contributed by atoms with Crippen LogP contribution in [-0.2, 0) is 14.3 Å². The molecule has 124 valence electrons. The maximum Gasteiger partial charge on any atom is 0.357 e. The summed E-state index contributed by atoms with van der Waals surface area (Å²) < 4.78 is 4.98. The Balaban J connectivity index is 2.43. The number of benzene rings is 2. The van der Waals surface area contributed by atoms with Gasteiger partial charge in [-0.15, -0.1) is 0 Å². The Labute approximate surface area is 139 Å². The lowest BCUT2D eigenvalue weighted by Crippen LogP contribution is -2.24. The lowest BCUT2D eigenvalue weighted by Gasteiger charge is -2.15. The molecule has 6 heteroatoms. The van der Waals surface area contributed by atoms with Crippen molar-refractivity contribution in [3.8, 4) is 0 Å². The van der Waals surface area contributed by atoms with E-state index in [0.717, 1.165) is 0 Å². The van der Waals surface area contributed by atoms with E-state index < -0.39 is 11.9 Å². The van der Waals surface area contributed by atoms with E-state index in [9.17, 15) is 14.7 Å². The minimum Gasteiger partial charge on any atom is -0.477 e. The van der Waals surface area contributed by atoms with Crippen LogP contribution in [0.25, 0.3) is 0 Å². The number of carbonyl (C=O) groups excluding carboxylic acids is 1. The number of hydrogen-bond donors (Lipinski definition) is 3. The molecule has 0 aromatic heterocycles. The van der Waals surface area contributed by atoms with Crippen LogP contribution in [0.3, 0.4) is 0 Å². The summed E-state index contributed by atoms with van der Waals surface area (Å²) in [6.45, 7) is 1.79. The number of esters is 1. The number of carbonyl (C=O) groups is 2. The van der Waals surface area contributed by atoms with Crippen LogP contribution < -0.4 is 10.6 Å². The van der Waals surface area contributed by atoms with Gasteiger partial charge in [-0.25, -0.2) is 9.59 Å². The molecule has 0 spiro atoms. The number of carboxylic acid groups (broad SMARTS) is 1. The zero-order valence-corrected chi connectivity index (χ0v) is 13.2. The number of carboxylic acids is 1. The van der Waals surface area contributed by atoms with Gasteiger partial charge in [0.1, 0.15) is 0 Å². The number of rotatable bonds is 7. The van der Waals surface area contributed by atoms with Gasteiger partial charge in [0.2, 0.25) is 0 Å². The standard InChI is InChI=1S/C18H18N2O4/c1-2-24-18(23)16(20-14-11-7-4-8-12-14)15(17(21)22)19-13-9-5-3-6-10-13/h3-12,19-20H,2H2,1H3,(H,21,22). The van der Waals surface area contributed by atoms with Crippen molar-refractivity contribution in [1.29, 1.82) is 0 Å². The normalized spacial score (nSPS) is 11.2. The molecule has 0 heterocycles. The molecule has 0 aliphatic rings. The van der Waals surface area contributed by atoms with E-state index in [1.165, 1.54) is 0 Å². The molecule has 2 aromatic rings. The first-order valence-corrected chi connectivity index (χ1v) is 7.40. The molecule has 0 unspecified atom stereocenters. The molecule has 0 amide bonds. The summed E-state index contributed by atoms with van der Waals surface area (Å²) in [5.74, 6) is -2.02. The molecular weight excluding hydrogens is 308 g/mol. The van der Waals surface area contributed by atoms with Gasteiger partial charge in [0.25, 0.3) is 0 Å². The molecule has 0 radical (unpaired) electrons. The lowest BCUT2D eigenvalue weighted by molar-refractivity contribution is -0.139. The molecule has 0 aliphatic carbocycles. The Morgan fingerprint density at radius 1 is 0.875 bits per heavy atom. The van der Waals surface area contributed by atoms with E-state index >= 15 is 0 Å². The van der Waals surface area contributed by atoms with Gasteiger partial charge < -0.3 is 20.5 Å². The Hall–Kier alpha value is -3.28. The number of hydrogen-bond acceptors (Lipinski definition) is 5. The fourth-order valence-electron chi connectivity index (χ4n) is 1.97. The van der Waals surface area contributed by atoms with E-state index in [1.807, 2.05) is 12.1 Å². The van der Waals surface area contributed by atoms with Gasteiger partial charge in [-0.2, -0.15) is 0 Å². The zero-order chi connectivity index (χ0) is 17.4. The first-order chi connectivity index (χ1) is 11.6. The molecule has 0 saturated carbocycles. The monoisotopic (exact) mass is 326 g/mol. The summed E-state index contributed by atoms with van der Waals surface area (Å²) in [6, 6.07) is 17.5. The average molecular weight is 326 g/mol. The highest BCUT2D eigenvalue weighted by Crippen LogP contribution is 2.17. The second-order valence-corrected chi connectivity index (χ2v) is 4.76. The summed E-state index contributed by atoms with van der Waals surface area (Å²) >= 11 is 0. The fraction of sp³-hybridized carbons (Fsp3) is 0.111. The van der Waals surface area contributed by atoms with Gasteiger partial charge in [-0.3, -0.25) is 0 Å². The molecule has 0 fully saturated rings. The van der Waals surface area contributed by atoms with Crippen LogP contribution in [0.2, 0.25) is 0 Å². The van der Waals surface area contributed by atoms with E-state index in [-0.39, 0.29) is 18.0 Å². The third-order valence-electron chi connectivity index (χ3n) is 3.03. The van der Waals surface area contributed by atoms with E-state index in [0.29, 0.717) is 11.4 Å². The Bertz CT molecular complexity index is 727. The summed E-state index contributed by atoms with van der Waals surface area (Å²) in [4.78, 5) is 23.9. The molecule has 0 atom stereocenters. The first-order valence-electron chi connectivity index (χ1n) is 7.40. The summed E-state index contributed by atoms with van der Waals surface area (Å²) in [7, 11) is 0.